The van der Waals surface area contributed by atoms with Gasteiger partial charge < -0.3 is 16.8 Å². The summed E-state index contributed by atoms with van der Waals surface area (Å²) < 4.78 is 0. The number of carbonyl (C=O) groups excluding carboxylic acids is 2. The second-order valence-electron chi connectivity index (χ2n) is 5.90. The Morgan fingerprint density at radius 3 is 1.92 bits per heavy atom. The molecule has 0 saturated heterocycles. The molecule has 0 spiro atoms. The van der Waals surface area contributed by atoms with Crippen molar-refractivity contribution in [3.63, 3.8) is 0 Å². The van der Waals surface area contributed by atoms with Crippen LogP contribution in [0.1, 0.15) is 31.8 Å². The van der Waals surface area contributed by atoms with E-state index in [1.54, 1.807) is 60.7 Å². The Kier molecular flexibility index (Phi) is 3.28. The lowest BCUT2D eigenvalue weighted by Crippen LogP contribution is -2.23. The van der Waals surface area contributed by atoms with Gasteiger partial charge in [-0.2, -0.15) is 0 Å². The van der Waals surface area contributed by atoms with Crippen LogP contribution in [0, 0.1) is 0 Å². The van der Waals surface area contributed by atoms with Crippen LogP contribution >= 0.6 is 0 Å². The van der Waals surface area contributed by atoms with E-state index in [9.17, 15) is 9.59 Å². The zero-order valence-electron chi connectivity index (χ0n) is 13.2. The molecular formula is C20H15N3O2. The number of nitrogens with one attached hydrogen (secondary N) is 1. The van der Waals surface area contributed by atoms with Crippen molar-refractivity contribution < 1.29 is 9.59 Å². The SMILES string of the molecule is Nc1ccc(Nc2ccc(N)c3c2C(=O)c2ccccc2C3=O)cc1. The topological polar surface area (TPSA) is 98.2 Å². The molecule has 0 heterocycles. The number of hydrogen-bond donors (Lipinski definition) is 3. The molecular weight excluding hydrogens is 314 g/mol. The summed E-state index contributed by atoms with van der Waals surface area (Å²) in [5.74, 6) is -0.445. The quantitative estimate of drug-likeness (QED) is 0.490. The summed E-state index contributed by atoms with van der Waals surface area (Å²) in [6.07, 6.45) is 0. The fraction of sp³-hybridized carbons (Fsp3) is 0. The summed E-state index contributed by atoms with van der Waals surface area (Å²) in [4.78, 5) is 25.9. The van der Waals surface area contributed by atoms with Crippen LogP contribution in [-0.4, -0.2) is 11.6 Å². The third kappa shape index (κ3) is 2.33. The van der Waals surface area contributed by atoms with E-state index in [1.807, 2.05) is 0 Å². The summed E-state index contributed by atoms with van der Waals surface area (Å²) in [7, 11) is 0. The first-order chi connectivity index (χ1) is 12.1. The lowest BCUT2D eigenvalue weighted by Gasteiger charge is -2.22. The van der Waals surface area contributed by atoms with E-state index >= 15 is 0 Å². The molecule has 1 aliphatic rings. The highest BCUT2D eigenvalue weighted by molar-refractivity contribution is 6.31. The molecule has 0 atom stereocenters. The first-order valence-corrected chi connectivity index (χ1v) is 7.79. The molecule has 0 aliphatic heterocycles. The molecule has 3 aromatic carbocycles. The van der Waals surface area contributed by atoms with Gasteiger partial charge in [0, 0.05) is 28.2 Å². The van der Waals surface area contributed by atoms with Gasteiger partial charge in [0.05, 0.1) is 16.8 Å². The van der Waals surface area contributed by atoms with E-state index in [2.05, 4.69) is 5.32 Å². The van der Waals surface area contributed by atoms with Crippen LogP contribution in [0.25, 0.3) is 0 Å². The van der Waals surface area contributed by atoms with E-state index in [0.29, 0.717) is 33.8 Å². The van der Waals surface area contributed by atoms with Gasteiger partial charge in [0.2, 0.25) is 0 Å². The van der Waals surface area contributed by atoms with Gasteiger partial charge in [0.1, 0.15) is 0 Å². The van der Waals surface area contributed by atoms with Crippen LogP contribution in [-0.2, 0) is 0 Å². The van der Waals surface area contributed by atoms with Crippen LogP contribution in [0.15, 0.2) is 60.7 Å². The predicted octanol–water partition coefficient (Wildman–Crippen LogP) is 3.37. The highest BCUT2D eigenvalue weighted by Crippen LogP contribution is 2.36. The molecule has 0 aromatic heterocycles. The van der Waals surface area contributed by atoms with Gasteiger partial charge in [-0.25, -0.2) is 0 Å². The van der Waals surface area contributed by atoms with Gasteiger partial charge in [-0.05, 0) is 36.4 Å². The van der Waals surface area contributed by atoms with Crippen LogP contribution in [0.5, 0.6) is 0 Å². The van der Waals surface area contributed by atoms with E-state index in [0.717, 1.165) is 5.69 Å². The molecule has 0 radical (unpaired) electrons. The Hall–Kier alpha value is -3.60. The molecule has 0 fully saturated rings. The third-order valence-corrected chi connectivity index (χ3v) is 4.30. The van der Waals surface area contributed by atoms with E-state index in [-0.39, 0.29) is 17.1 Å². The molecule has 3 aromatic rings. The van der Waals surface area contributed by atoms with E-state index in [4.69, 9.17) is 11.5 Å². The van der Waals surface area contributed by atoms with Crippen LogP contribution in [0.4, 0.5) is 22.7 Å². The Morgan fingerprint density at radius 1 is 0.680 bits per heavy atom. The molecule has 0 bridgehead atoms. The van der Waals surface area contributed by atoms with Gasteiger partial charge in [-0.3, -0.25) is 9.59 Å². The summed E-state index contributed by atoms with van der Waals surface area (Å²) in [5, 5.41) is 3.18. The summed E-state index contributed by atoms with van der Waals surface area (Å²) >= 11 is 0. The monoisotopic (exact) mass is 329 g/mol. The smallest absolute Gasteiger partial charge is 0.196 e. The Labute approximate surface area is 144 Å². The number of rotatable bonds is 2. The fourth-order valence-corrected chi connectivity index (χ4v) is 3.07. The summed E-state index contributed by atoms with van der Waals surface area (Å²) in [6, 6.07) is 17.3. The van der Waals surface area contributed by atoms with Crippen molar-refractivity contribution in [1.82, 2.24) is 0 Å². The molecule has 1 aliphatic carbocycles. The van der Waals surface area contributed by atoms with Crippen molar-refractivity contribution in [3.05, 3.63) is 82.9 Å². The van der Waals surface area contributed by atoms with Gasteiger partial charge >= 0.3 is 0 Å². The first-order valence-electron chi connectivity index (χ1n) is 7.79. The number of anilines is 4. The normalized spacial score (nSPS) is 12.5. The first kappa shape index (κ1) is 15.0. The Morgan fingerprint density at radius 2 is 1.28 bits per heavy atom. The van der Waals surface area contributed by atoms with Crippen molar-refractivity contribution in [2.24, 2.45) is 0 Å². The lowest BCUT2D eigenvalue weighted by molar-refractivity contribution is 0.0980. The maximum absolute atomic E-state index is 13.0. The number of hydrogen-bond acceptors (Lipinski definition) is 5. The molecule has 0 unspecified atom stereocenters. The predicted molar refractivity (Wildman–Crippen MR) is 98.3 cm³/mol. The summed E-state index contributed by atoms with van der Waals surface area (Å²) in [6.45, 7) is 0. The van der Waals surface area contributed by atoms with Crippen molar-refractivity contribution >= 4 is 34.3 Å². The largest absolute Gasteiger partial charge is 0.399 e. The maximum Gasteiger partial charge on any atom is 0.196 e. The second-order valence-corrected chi connectivity index (χ2v) is 5.90. The van der Waals surface area contributed by atoms with Gasteiger partial charge in [-0.15, -0.1) is 0 Å². The van der Waals surface area contributed by atoms with Gasteiger partial charge in [-0.1, -0.05) is 24.3 Å². The maximum atomic E-state index is 13.0. The molecule has 5 nitrogen and oxygen atoms in total. The van der Waals surface area contributed by atoms with Gasteiger partial charge in [0.15, 0.2) is 11.6 Å². The van der Waals surface area contributed by atoms with E-state index < -0.39 is 0 Å². The van der Waals surface area contributed by atoms with Gasteiger partial charge in [0.25, 0.3) is 0 Å². The molecule has 5 N–H and O–H groups in total. The molecule has 4 rings (SSSR count). The van der Waals surface area contributed by atoms with Crippen LogP contribution in [0.3, 0.4) is 0 Å². The highest BCUT2D eigenvalue weighted by atomic mass is 16.1. The number of fused-ring (bicyclic) bond motifs is 2. The zero-order valence-corrected chi connectivity index (χ0v) is 13.2. The number of benzene rings is 3. The Balaban J connectivity index is 1.88. The lowest BCUT2D eigenvalue weighted by atomic mass is 9.82. The van der Waals surface area contributed by atoms with Crippen LogP contribution in [0.2, 0.25) is 0 Å². The van der Waals surface area contributed by atoms with Crippen LogP contribution < -0.4 is 16.8 Å². The van der Waals surface area contributed by atoms with E-state index in [1.165, 1.54) is 0 Å². The number of nitrogen functional groups attached to an aromatic ring is 2. The molecule has 122 valence electrons. The molecule has 0 saturated carbocycles. The fourth-order valence-electron chi connectivity index (χ4n) is 3.07. The molecule has 0 amide bonds. The summed E-state index contributed by atoms with van der Waals surface area (Å²) in [5.41, 5.74) is 15.3. The average molecular weight is 329 g/mol. The zero-order chi connectivity index (χ0) is 17.6. The minimum absolute atomic E-state index is 0.213. The Bertz CT molecular complexity index is 1020. The molecule has 5 heteroatoms. The van der Waals surface area contributed by atoms with Crippen molar-refractivity contribution in [3.8, 4) is 0 Å². The number of ketones is 2. The van der Waals surface area contributed by atoms with Crippen molar-refractivity contribution in [2.75, 3.05) is 16.8 Å². The van der Waals surface area contributed by atoms with Crippen molar-refractivity contribution in [2.45, 2.75) is 0 Å². The number of carbonyl (C=O) groups is 2. The minimum Gasteiger partial charge on any atom is -0.399 e. The minimum atomic E-state index is -0.233. The second kappa shape index (κ2) is 5.49. The standard InChI is InChI=1S/C20H15N3O2/c21-11-5-7-12(8-6-11)23-16-10-9-15(22)17-18(16)20(25)14-4-2-1-3-13(14)19(17)24/h1-10,23H,21-22H2. The third-order valence-electron chi connectivity index (χ3n) is 4.30. The van der Waals surface area contributed by atoms with Crippen molar-refractivity contribution in [1.29, 1.82) is 0 Å². The highest BCUT2D eigenvalue weighted by Gasteiger charge is 2.33. The molecule has 25 heavy (non-hydrogen) atoms. The average Bonchev–Trinajstić information content (AvgIpc) is 2.63. The number of nitrogens with two attached hydrogens (primary N) is 2.